The molecule has 0 aliphatic heterocycles. The quantitative estimate of drug-likeness (QED) is 0.805. The molecule has 0 spiro atoms. The Bertz CT molecular complexity index is 468. The fourth-order valence-electron chi connectivity index (χ4n) is 1.84. The molecule has 1 fully saturated rings. The van der Waals surface area contributed by atoms with Crippen LogP contribution in [-0.4, -0.2) is 17.3 Å². The topological polar surface area (TPSA) is 37.4 Å². The van der Waals surface area contributed by atoms with Crippen molar-refractivity contribution in [1.29, 1.82) is 0 Å². The minimum Gasteiger partial charge on any atom is -0.206 e. The molecular formula is C11H14BrNO2S. The van der Waals surface area contributed by atoms with Gasteiger partial charge in [-0.15, -0.1) is 3.33 Å². The first-order valence-corrected chi connectivity index (χ1v) is 7.38. The van der Waals surface area contributed by atoms with Gasteiger partial charge in [-0.2, -0.15) is 0 Å². The maximum Gasteiger partial charge on any atom is 0.253 e. The lowest BCUT2D eigenvalue weighted by Crippen LogP contribution is -2.48. The third-order valence-corrected chi connectivity index (χ3v) is 6.84. The van der Waals surface area contributed by atoms with Gasteiger partial charge >= 0.3 is 0 Å². The van der Waals surface area contributed by atoms with Crippen LogP contribution in [0.4, 0.5) is 0 Å². The zero-order valence-electron chi connectivity index (χ0n) is 9.06. The first kappa shape index (κ1) is 12.1. The van der Waals surface area contributed by atoms with Gasteiger partial charge in [-0.25, -0.2) is 8.42 Å². The van der Waals surface area contributed by atoms with Gasteiger partial charge in [0, 0.05) is 21.7 Å². The van der Waals surface area contributed by atoms with E-state index in [0.717, 1.165) is 19.3 Å². The molecule has 2 rings (SSSR count). The van der Waals surface area contributed by atoms with Crippen LogP contribution in [0.15, 0.2) is 35.2 Å². The van der Waals surface area contributed by atoms with Crippen molar-refractivity contribution in [2.24, 2.45) is 0 Å². The molecule has 1 saturated carbocycles. The van der Waals surface area contributed by atoms with Crippen LogP contribution in [0.2, 0.25) is 0 Å². The Hall–Kier alpha value is -0.390. The molecule has 5 heteroatoms. The Kier molecular flexibility index (Phi) is 3.11. The second-order valence-corrected chi connectivity index (χ2v) is 7.35. The third kappa shape index (κ3) is 1.92. The largest absolute Gasteiger partial charge is 0.253 e. The minimum atomic E-state index is -3.41. The van der Waals surface area contributed by atoms with E-state index in [9.17, 15) is 8.42 Å². The highest BCUT2D eigenvalue weighted by Gasteiger charge is 2.43. The summed E-state index contributed by atoms with van der Waals surface area (Å²) >= 11 is 3.21. The molecule has 0 unspecified atom stereocenters. The molecule has 88 valence electrons. The van der Waals surface area contributed by atoms with Crippen molar-refractivity contribution < 1.29 is 8.42 Å². The molecule has 0 saturated heterocycles. The van der Waals surface area contributed by atoms with Gasteiger partial charge in [0.1, 0.15) is 0 Å². The number of nitrogens with zero attached hydrogens (tertiary/aromatic N) is 1. The van der Waals surface area contributed by atoms with Crippen LogP contribution in [-0.2, 0) is 10.0 Å². The van der Waals surface area contributed by atoms with Gasteiger partial charge in [0.25, 0.3) is 10.0 Å². The second-order valence-electron chi connectivity index (χ2n) is 4.38. The number of benzene rings is 1. The summed E-state index contributed by atoms with van der Waals surface area (Å²) in [7, 11) is -3.41. The summed E-state index contributed by atoms with van der Waals surface area (Å²) < 4.78 is 25.8. The lowest BCUT2D eigenvalue weighted by atomic mass is 9.80. The molecule has 1 aromatic rings. The number of hydrogen-bond donors (Lipinski definition) is 0. The predicted molar refractivity (Wildman–Crippen MR) is 66.6 cm³/mol. The molecule has 0 radical (unpaired) electrons. The maximum atomic E-state index is 12.3. The zero-order chi connectivity index (χ0) is 11.8. The Morgan fingerprint density at radius 2 is 1.81 bits per heavy atom. The van der Waals surface area contributed by atoms with Crippen molar-refractivity contribution in [3.05, 3.63) is 30.3 Å². The van der Waals surface area contributed by atoms with E-state index < -0.39 is 10.0 Å². The minimum absolute atomic E-state index is 0.269. The SMILES string of the molecule is CC1(N(Br)S(=O)(=O)c2ccccc2)CCC1. The van der Waals surface area contributed by atoms with Gasteiger partial charge in [-0.3, -0.25) is 0 Å². The van der Waals surface area contributed by atoms with Gasteiger partial charge in [0.15, 0.2) is 0 Å². The van der Waals surface area contributed by atoms with Gasteiger partial charge < -0.3 is 0 Å². The zero-order valence-corrected chi connectivity index (χ0v) is 11.5. The fraction of sp³-hybridized carbons (Fsp3) is 0.455. The molecule has 1 aliphatic carbocycles. The van der Waals surface area contributed by atoms with E-state index in [-0.39, 0.29) is 5.54 Å². The average molecular weight is 304 g/mol. The first-order chi connectivity index (χ1) is 7.47. The molecule has 0 aromatic heterocycles. The average Bonchev–Trinajstić information content (AvgIpc) is 2.26. The Morgan fingerprint density at radius 3 is 2.25 bits per heavy atom. The summed E-state index contributed by atoms with van der Waals surface area (Å²) in [6.45, 7) is 1.96. The highest BCUT2D eigenvalue weighted by atomic mass is 79.9. The van der Waals surface area contributed by atoms with Crippen molar-refractivity contribution in [1.82, 2.24) is 3.33 Å². The van der Waals surface area contributed by atoms with Crippen LogP contribution in [0.5, 0.6) is 0 Å². The summed E-state index contributed by atoms with van der Waals surface area (Å²) in [5, 5.41) is 0. The van der Waals surface area contributed by atoms with Crippen molar-refractivity contribution in [2.75, 3.05) is 0 Å². The van der Waals surface area contributed by atoms with Gasteiger partial charge in [0.2, 0.25) is 0 Å². The first-order valence-electron chi connectivity index (χ1n) is 5.23. The number of rotatable bonds is 3. The van der Waals surface area contributed by atoms with Crippen LogP contribution in [0, 0.1) is 0 Å². The van der Waals surface area contributed by atoms with Gasteiger partial charge in [0.05, 0.1) is 4.90 Å². The van der Waals surface area contributed by atoms with Crippen molar-refractivity contribution >= 4 is 26.2 Å². The summed E-state index contributed by atoms with van der Waals surface area (Å²) in [6.07, 6.45) is 2.90. The van der Waals surface area contributed by atoms with E-state index in [1.807, 2.05) is 13.0 Å². The predicted octanol–water partition coefficient (Wildman–Crippen LogP) is 2.93. The van der Waals surface area contributed by atoms with E-state index in [4.69, 9.17) is 0 Å². The summed E-state index contributed by atoms with van der Waals surface area (Å²) in [6, 6.07) is 8.51. The summed E-state index contributed by atoms with van der Waals surface area (Å²) in [5.74, 6) is 0. The molecule has 1 aliphatic rings. The van der Waals surface area contributed by atoms with Crippen LogP contribution in [0.3, 0.4) is 0 Å². The van der Waals surface area contributed by atoms with Gasteiger partial charge in [-0.05, 0) is 38.3 Å². The molecule has 0 N–H and O–H groups in total. The Labute approximate surface area is 105 Å². The van der Waals surface area contributed by atoms with Crippen molar-refractivity contribution in [3.8, 4) is 0 Å². The lowest BCUT2D eigenvalue weighted by Gasteiger charge is -2.43. The van der Waals surface area contributed by atoms with Crippen molar-refractivity contribution in [2.45, 2.75) is 36.6 Å². The molecular weight excluding hydrogens is 290 g/mol. The highest BCUT2D eigenvalue weighted by Crippen LogP contribution is 2.42. The van der Waals surface area contributed by atoms with E-state index in [1.54, 1.807) is 24.3 Å². The molecule has 1 aromatic carbocycles. The molecule has 0 amide bonds. The molecule has 0 atom stereocenters. The number of hydrogen-bond acceptors (Lipinski definition) is 2. The molecule has 0 heterocycles. The molecule has 3 nitrogen and oxygen atoms in total. The van der Waals surface area contributed by atoms with E-state index in [2.05, 4.69) is 16.1 Å². The smallest absolute Gasteiger partial charge is 0.206 e. The number of sulfonamides is 1. The third-order valence-electron chi connectivity index (χ3n) is 3.11. The highest BCUT2D eigenvalue weighted by molar-refractivity contribution is 9.08. The molecule has 16 heavy (non-hydrogen) atoms. The number of halogens is 1. The van der Waals surface area contributed by atoms with E-state index in [1.165, 1.54) is 3.33 Å². The summed E-state index contributed by atoms with van der Waals surface area (Å²) in [5.41, 5.74) is -0.269. The fourth-order valence-corrected chi connectivity index (χ4v) is 4.14. The maximum absolute atomic E-state index is 12.3. The molecule has 0 bridgehead atoms. The van der Waals surface area contributed by atoms with Crippen LogP contribution in [0.1, 0.15) is 26.2 Å². The standard InChI is InChI=1S/C11H14BrNO2S/c1-11(8-5-9-11)13(12)16(14,15)10-6-3-2-4-7-10/h2-4,6-7H,5,8-9H2,1H3. The van der Waals surface area contributed by atoms with E-state index >= 15 is 0 Å². The Morgan fingerprint density at radius 1 is 1.25 bits per heavy atom. The normalized spacial score (nSPS) is 19.4. The Balaban J connectivity index is 2.33. The summed E-state index contributed by atoms with van der Waals surface area (Å²) in [4.78, 5) is 0.333. The van der Waals surface area contributed by atoms with E-state index in [0.29, 0.717) is 4.90 Å². The van der Waals surface area contributed by atoms with Crippen LogP contribution < -0.4 is 0 Å². The van der Waals surface area contributed by atoms with Gasteiger partial charge in [-0.1, -0.05) is 18.2 Å². The second kappa shape index (κ2) is 4.13. The van der Waals surface area contributed by atoms with Crippen molar-refractivity contribution in [3.63, 3.8) is 0 Å². The van der Waals surface area contributed by atoms with Crippen LogP contribution >= 0.6 is 16.1 Å². The lowest BCUT2D eigenvalue weighted by molar-refractivity contribution is 0.185. The monoisotopic (exact) mass is 303 g/mol. The van der Waals surface area contributed by atoms with Crippen LogP contribution in [0.25, 0.3) is 0 Å².